The van der Waals surface area contributed by atoms with E-state index in [-0.39, 0.29) is 5.91 Å². The van der Waals surface area contributed by atoms with Crippen LogP contribution in [0.15, 0.2) is 79.3 Å². The van der Waals surface area contributed by atoms with Gasteiger partial charge in [-0.25, -0.2) is 4.68 Å². The van der Waals surface area contributed by atoms with Gasteiger partial charge >= 0.3 is 0 Å². The number of amides is 1. The van der Waals surface area contributed by atoms with Gasteiger partial charge in [-0.2, -0.15) is 5.10 Å². The van der Waals surface area contributed by atoms with Crippen LogP contribution < -0.4 is 0 Å². The van der Waals surface area contributed by atoms with E-state index in [0.29, 0.717) is 12.1 Å². The van der Waals surface area contributed by atoms with Crippen LogP contribution in [0.1, 0.15) is 10.4 Å². The molecule has 0 aliphatic carbocycles. The van der Waals surface area contributed by atoms with Crippen molar-refractivity contribution in [2.75, 3.05) is 13.6 Å². The van der Waals surface area contributed by atoms with Crippen molar-refractivity contribution < 1.29 is 4.79 Å². The van der Waals surface area contributed by atoms with Gasteiger partial charge in [-0.05, 0) is 41.8 Å². The lowest BCUT2D eigenvalue weighted by atomic mass is 10.2. The van der Waals surface area contributed by atoms with E-state index < -0.39 is 0 Å². The van der Waals surface area contributed by atoms with Crippen LogP contribution in [0.25, 0.3) is 16.6 Å². The molecular weight excluding hydrogens is 324 g/mol. The molecule has 0 unspecified atom stereocenters. The highest BCUT2D eigenvalue weighted by molar-refractivity contribution is 5.94. The number of likely N-dealkylation sites (N-methyl/N-ethyl adjacent to an activating group) is 1. The SMILES string of the molecule is CN(CCn1ccc2ccccc21)C(=O)c1cccc(-n2cccn2)c1. The van der Waals surface area contributed by atoms with E-state index in [9.17, 15) is 4.79 Å². The monoisotopic (exact) mass is 344 g/mol. The quantitative estimate of drug-likeness (QED) is 0.555. The predicted molar refractivity (Wildman–Crippen MR) is 102 cm³/mol. The highest BCUT2D eigenvalue weighted by Gasteiger charge is 2.13. The van der Waals surface area contributed by atoms with Crippen LogP contribution in [-0.4, -0.2) is 38.7 Å². The Bertz CT molecular complexity index is 1030. The largest absolute Gasteiger partial charge is 0.346 e. The van der Waals surface area contributed by atoms with E-state index in [0.717, 1.165) is 12.2 Å². The lowest BCUT2D eigenvalue weighted by Crippen LogP contribution is -2.30. The number of rotatable bonds is 5. The molecule has 0 aliphatic heterocycles. The Morgan fingerprint density at radius 1 is 1.04 bits per heavy atom. The highest BCUT2D eigenvalue weighted by Crippen LogP contribution is 2.15. The van der Waals surface area contributed by atoms with Gasteiger partial charge < -0.3 is 9.47 Å². The fourth-order valence-electron chi connectivity index (χ4n) is 3.12. The van der Waals surface area contributed by atoms with Crippen LogP contribution >= 0.6 is 0 Å². The van der Waals surface area contributed by atoms with Gasteiger partial charge in [0, 0.05) is 49.8 Å². The maximum absolute atomic E-state index is 12.8. The summed E-state index contributed by atoms with van der Waals surface area (Å²) in [6.07, 6.45) is 5.66. The van der Waals surface area contributed by atoms with E-state index in [1.807, 2.05) is 55.7 Å². The number of fused-ring (bicyclic) bond motifs is 1. The standard InChI is InChI=1S/C21H20N4O/c1-23(14-15-24-13-10-17-6-2-3-9-20(17)24)21(26)18-7-4-8-19(16-18)25-12-5-11-22-25/h2-13,16H,14-15H2,1H3. The van der Waals surface area contributed by atoms with Crippen LogP contribution in [0.5, 0.6) is 0 Å². The molecule has 0 radical (unpaired) electrons. The second-order valence-electron chi connectivity index (χ2n) is 6.30. The van der Waals surface area contributed by atoms with Gasteiger partial charge in [-0.3, -0.25) is 4.79 Å². The molecule has 0 saturated heterocycles. The Kier molecular flexibility index (Phi) is 4.27. The minimum atomic E-state index is 0.00969. The number of aromatic nitrogens is 3. The summed E-state index contributed by atoms with van der Waals surface area (Å²) >= 11 is 0. The van der Waals surface area contributed by atoms with Gasteiger partial charge in [-0.1, -0.05) is 24.3 Å². The number of hydrogen-bond acceptors (Lipinski definition) is 2. The summed E-state index contributed by atoms with van der Waals surface area (Å²) in [5.41, 5.74) is 2.73. The molecule has 26 heavy (non-hydrogen) atoms. The van der Waals surface area contributed by atoms with Crippen molar-refractivity contribution in [1.29, 1.82) is 0 Å². The Morgan fingerprint density at radius 3 is 2.77 bits per heavy atom. The molecule has 0 saturated carbocycles. The van der Waals surface area contributed by atoms with Crippen molar-refractivity contribution in [1.82, 2.24) is 19.2 Å². The molecule has 5 heteroatoms. The second kappa shape index (κ2) is 6.88. The van der Waals surface area contributed by atoms with Crippen molar-refractivity contribution in [3.05, 3.63) is 84.8 Å². The lowest BCUT2D eigenvalue weighted by molar-refractivity contribution is 0.0790. The van der Waals surface area contributed by atoms with Crippen LogP contribution in [0.4, 0.5) is 0 Å². The molecule has 0 N–H and O–H groups in total. The first-order valence-corrected chi connectivity index (χ1v) is 8.62. The van der Waals surface area contributed by atoms with E-state index >= 15 is 0 Å². The van der Waals surface area contributed by atoms with Crippen molar-refractivity contribution in [3.63, 3.8) is 0 Å². The topological polar surface area (TPSA) is 43.1 Å². The zero-order valence-electron chi connectivity index (χ0n) is 14.6. The molecule has 2 aromatic carbocycles. The number of nitrogens with zero attached hydrogens (tertiary/aromatic N) is 4. The first kappa shape index (κ1) is 16.1. The molecule has 0 bridgehead atoms. The number of carbonyl (C=O) groups is 1. The molecule has 130 valence electrons. The van der Waals surface area contributed by atoms with Crippen molar-refractivity contribution >= 4 is 16.8 Å². The molecule has 2 aromatic heterocycles. The van der Waals surface area contributed by atoms with Gasteiger partial charge in [0.15, 0.2) is 0 Å². The van der Waals surface area contributed by atoms with Crippen molar-refractivity contribution in [3.8, 4) is 5.69 Å². The number of para-hydroxylation sites is 1. The Hall–Kier alpha value is -3.34. The van der Waals surface area contributed by atoms with Gasteiger partial charge in [-0.15, -0.1) is 0 Å². The van der Waals surface area contributed by atoms with Gasteiger partial charge in [0.25, 0.3) is 5.91 Å². The number of hydrogen-bond donors (Lipinski definition) is 0. The average Bonchev–Trinajstić information content (AvgIpc) is 3.36. The van der Waals surface area contributed by atoms with Crippen LogP contribution in [0.2, 0.25) is 0 Å². The van der Waals surface area contributed by atoms with Crippen LogP contribution in [0.3, 0.4) is 0 Å². The van der Waals surface area contributed by atoms with Crippen LogP contribution in [-0.2, 0) is 6.54 Å². The summed E-state index contributed by atoms with van der Waals surface area (Å²) in [5, 5.41) is 5.44. The van der Waals surface area contributed by atoms with Gasteiger partial charge in [0.2, 0.25) is 0 Å². The average molecular weight is 344 g/mol. The zero-order chi connectivity index (χ0) is 17.9. The summed E-state index contributed by atoms with van der Waals surface area (Å²) in [6, 6.07) is 19.8. The molecule has 0 spiro atoms. The Morgan fingerprint density at radius 2 is 1.92 bits per heavy atom. The van der Waals surface area contributed by atoms with E-state index in [1.165, 1.54) is 10.9 Å². The van der Waals surface area contributed by atoms with Crippen molar-refractivity contribution in [2.24, 2.45) is 0 Å². The number of carbonyl (C=O) groups excluding carboxylic acids is 1. The molecule has 1 amide bonds. The minimum absolute atomic E-state index is 0.00969. The number of benzene rings is 2. The third-order valence-corrected chi connectivity index (χ3v) is 4.57. The van der Waals surface area contributed by atoms with E-state index in [4.69, 9.17) is 0 Å². The summed E-state index contributed by atoms with van der Waals surface area (Å²) in [6.45, 7) is 1.40. The summed E-state index contributed by atoms with van der Waals surface area (Å²) in [7, 11) is 1.84. The minimum Gasteiger partial charge on any atom is -0.346 e. The summed E-state index contributed by atoms with van der Waals surface area (Å²) < 4.78 is 3.93. The van der Waals surface area contributed by atoms with Gasteiger partial charge in [0.1, 0.15) is 0 Å². The molecule has 5 nitrogen and oxygen atoms in total. The first-order valence-electron chi connectivity index (χ1n) is 8.62. The third kappa shape index (κ3) is 3.11. The van der Waals surface area contributed by atoms with Crippen LogP contribution in [0, 0.1) is 0 Å². The normalized spacial score (nSPS) is 11.0. The predicted octanol–water partition coefficient (Wildman–Crippen LogP) is 3.60. The Labute approximate surface area is 152 Å². The van der Waals surface area contributed by atoms with Gasteiger partial charge in [0.05, 0.1) is 5.69 Å². The molecule has 0 aliphatic rings. The van der Waals surface area contributed by atoms with E-state index in [1.54, 1.807) is 15.8 Å². The second-order valence-corrected chi connectivity index (χ2v) is 6.30. The fourth-order valence-corrected chi connectivity index (χ4v) is 3.12. The summed E-state index contributed by atoms with van der Waals surface area (Å²) in [4.78, 5) is 14.5. The molecular formula is C21H20N4O. The van der Waals surface area contributed by atoms with Crippen molar-refractivity contribution in [2.45, 2.75) is 6.54 Å². The van der Waals surface area contributed by atoms with E-state index in [2.05, 4.69) is 34.1 Å². The molecule has 2 heterocycles. The lowest BCUT2D eigenvalue weighted by Gasteiger charge is -2.18. The maximum Gasteiger partial charge on any atom is 0.253 e. The molecule has 0 fully saturated rings. The molecule has 4 rings (SSSR count). The zero-order valence-corrected chi connectivity index (χ0v) is 14.6. The smallest absolute Gasteiger partial charge is 0.253 e. The summed E-state index contributed by atoms with van der Waals surface area (Å²) in [5.74, 6) is 0.00969. The first-order chi connectivity index (χ1) is 12.7. The maximum atomic E-state index is 12.8. The molecule has 0 atom stereocenters. The fraction of sp³-hybridized carbons (Fsp3) is 0.143. The Balaban J connectivity index is 1.47. The third-order valence-electron chi connectivity index (χ3n) is 4.57. The highest BCUT2D eigenvalue weighted by atomic mass is 16.2. The molecule has 4 aromatic rings.